The summed E-state index contributed by atoms with van der Waals surface area (Å²) in [5.41, 5.74) is 1.51. The third-order valence-electron chi connectivity index (χ3n) is 2.04. The van der Waals surface area contributed by atoms with Crippen molar-refractivity contribution >= 4 is 28.9 Å². The Hall–Kier alpha value is -1.59. The number of carboxylic acid groups (broad SMARTS) is 1. The zero-order valence-electron chi connectivity index (χ0n) is 8.59. The summed E-state index contributed by atoms with van der Waals surface area (Å²) in [5.74, 6) is -0.525. The van der Waals surface area contributed by atoms with E-state index in [0.717, 1.165) is 0 Å². The zero-order valence-corrected chi connectivity index (χ0v) is 10.2. The Balaban J connectivity index is 2.10. The van der Waals surface area contributed by atoms with Gasteiger partial charge < -0.3 is 9.84 Å². The van der Waals surface area contributed by atoms with Crippen molar-refractivity contribution in [3.63, 3.8) is 0 Å². The molecule has 2 aromatic rings. The van der Waals surface area contributed by atoms with Crippen molar-refractivity contribution in [3.05, 3.63) is 45.4 Å². The number of hydrogen-bond acceptors (Lipinski definition) is 4. The molecule has 1 heterocycles. The molecule has 1 aromatic heterocycles. The van der Waals surface area contributed by atoms with Gasteiger partial charge in [0.1, 0.15) is 12.4 Å². The standard InChI is InChI=1S/C11H8ClNO3S/c12-7-3-1-2-4-8(7)16-5-9-10(11(14)15)13-6-17-9/h1-4,6H,5H2,(H,14,15). The Morgan fingerprint density at radius 2 is 2.24 bits per heavy atom. The second-order valence-corrected chi connectivity index (χ2v) is 4.49. The fraction of sp³-hybridized carbons (Fsp3) is 0.0909. The number of hydrogen-bond donors (Lipinski definition) is 1. The van der Waals surface area contributed by atoms with Crippen LogP contribution in [0.1, 0.15) is 15.4 Å². The van der Waals surface area contributed by atoms with Crippen LogP contribution < -0.4 is 4.74 Å². The van der Waals surface area contributed by atoms with E-state index in [1.807, 2.05) is 0 Å². The number of benzene rings is 1. The number of aromatic nitrogens is 1. The van der Waals surface area contributed by atoms with Gasteiger partial charge in [-0.1, -0.05) is 23.7 Å². The van der Waals surface area contributed by atoms with E-state index in [4.69, 9.17) is 21.4 Å². The van der Waals surface area contributed by atoms with Gasteiger partial charge in [0.2, 0.25) is 0 Å². The summed E-state index contributed by atoms with van der Waals surface area (Å²) < 4.78 is 5.45. The number of halogens is 1. The van der Waals surface area contributed by atoms with E-state index in [9.17, 15) is 4.79 Å². The van der Waals surface area contributed by atoms with Crippen LogP contribution >= 0.6 is 22.9 Å². The maximum atomic E-state index is 10.8. The average molecular weight is 270 g/mol. The highest BCUT2D eigenvalue weighted by atomic mass is 35.5. The van der Waals surface area contributed by atoms with E-state index < -0.39 is 5.97 Å². The van der Waals surface area contributed by atoms with E-state index in [1.165, 1.54) is 16.8 Å². The highest BCUT2D eigenvalue weighted by Gasteiger charge is 2.14. The zero-order chi connectivity index (χ0) is 12.3. The molecular formula is C11H8ClNO3S. The Kier molecular flexibility index (Phi) is 3.61. The van der Waals surface area contributed by atoms with Crippen LogP contribution in [0, 0.1) is 0 Å². The summed E-state index contributed by atoms with van der Waals surface area (Å²) in [4.78, 5) is 15.1. The lowest BCUT2D eigenvalue weighted by atomic mass is 10.3. The van der Waals surface area contributed by atoms with Gasteiger partial charge in [-0.05, 0) is 12.1 Å². The molecule has 88 valence electrons. The van der Waals surface area contributed by atoms with Gasteiger partial charge in [-0.2, -0.15) is 0 Å². The van der Waals surface area contributed by atoms with Gasteiger partial charge in [0, 0.05) is 0 Å². The third kappa shape index (κ3) is 2.75. The number of ether oxygens (including phenoxy) is 1. The number of thiazole rings is 1. The van der Waals surface area contributed by atoms with E-state index in [1.54, 1.807) is 24.3 Å². The van der Waals surface area contributed by atoms with Crippen molar-refractivity contribution in [2.75, 3.05) is 0 Å². The molecule has 0 spiro atoms. The number of nitrogens with zero attached hydrogens (tertiary/aromatic N) is 1. The minimum atomic E-state index is -1.05. The van der Waals surface area contributed by atoms with Crippen molar-refractivity contribution in [3.8, 4) is 5.75 Å². The minimum absolute atomic E-state index is 0.0297. The quantitative estimate of drug-likeness (QED) is 0.927. The number of carbonyl (C=O) groups is 1. The van der Waals surface area contributed by atoms with Crippen LogP contribution in [0.4, 0.5) is 0 Å². The first kappa shape index (κ1) is 11.9. The Morgan fingerprint density at radius 1 is 1.47 bits per heavy atom. The summed E-state index contributed by atoms with van der Waals surface area (Å²) in [5, 5.41) is 9.36. The monoisotopic (exact) mass is 269 g/mol. The topological polar surface area (TPSA) is 59.4 Å². The van der Waals surface area contributed by atoms with Gasteiger partial charge in [0.05, 0.1) is 15.4 Å². The predicted molar refractivity (Wildman–Crippen MR) is 64.9 cm³/mol. The van der Waals surface area contributed by atoms with E-state index in [2.05, 4.69) is 4.98 Å². The van der Waals surface area contributed by atoms with E-state index >= 15 is 0 Å². The first-order valence-corrected chi connectivity index (χ1v) is 5.97. The molecule has 0 saturated heterocycles. The predicted octanol–water partition coefficient (Wildman–Crippen LogP) is 3.07. The molecule has 0 amide bonds. The van der Waals surface area contributed by atoms with Gasteiger partial charge in [-0.15, -0.1) is 11.3 Å². The van der Waals surface area contributed by atoms with Gasteiger partial charge in [0.15, 0.2) is 5.69 Å². The van der Waals surface area contributed by atoms with Gasteiger partial charge >= 0.3 is 5.97 Å². The molecule has 0 aliphatic rings. The second-order valence-electron chi connectivity index (χ2n) is 3.15. The largest absolute Gasteiger partial charge is 0.486 e. The molecule has 0 bridgehead atoms. The summed E-state index contributed by atoms with van der Waals surface area (Å²) in [6.07, 6.45) is 0. The van der Waals surface area contributed by atoms with Crippen LogP contribution in [-0.4, -0.2) is 16.1 Å². The maximum absolute atomic E-state index is 10.8. The van der Waals surface area contributed by atoms with Crippen LogP contribution in [0.25, 0.3) is 0 Å². The lowest BCUT2D eigenvalue weighted by Gasteiger charge is -2.06. The van der Waals surface area contributed by atoms with E-state index in [-0.39, 0.29) is 12.3 Å². The smallest absolute Gasteiger partial charge is 0.355 e. The first-order valence-electron chi connectivity index (χ1n) is 4.71. The molecule has 4 nitrogen and oxygen atoms in total. The molecule has 0 saturated carbocycles. The molecule has 17 heavy (non-hydrogen) atoms. The molecule has 0 fully saturated rings. The Labute approximate surface area is 106 Å². The van der Waals surface area contributed by atoms with Gasteiger partial charge in [0.25, 0.3) is 0 Å². The average Bonchev–Trinajstić information content (AvgIpc) is 2.76. The SMILES string of the molecule is O=C(O)c1ncsc1COc1ccccc1Cl. The molecule has 0 atom stereocenters. The molecule has 0 aliphatic carbocycles. The fourth-order valence-corrected chi connectivity index (χ4v) is 2.11. The molecule has 0 aliphatic heterocycles. The maximum Gasteiger partial charge on any atom is 0.355 e. The van der Waals surface area contributed by atoms with Crippen molar-refractivity contribution in [2.24, 2.45) is 0 Å². The molecule has 2 rings (SSSR count). The Morgan fingerprint density at radius 3 is 2.94 bits per heavy atom. The highest BCUT2D eigenvalue weighted by Crippen LogP contribution is 2.25. The van der Waals surface area contributed by atoms with E-state index in [0.29, 0.717) is 15.6 Å². The molecule has 1 N–H and O–H groups in total. The third-order valence-corrected chi connectivity index (χ3v) is 3.16. The van der Waals surface area contributed by atoms with Gasteiger partial charge in [-0.3, -0.25) is 0 Å². The van der Waals surface area contributed by atoms with Crippen LogP contribution in [0.5, 0.6) is 5.75 Å². The van der Waals surface area contributed by atoms with Crippen molar-refractivity contribution in [1.29, 1.82) is 0 Å². The second kappa shape index (κ2) is 5.16. The molecule has 0 radical (unpaired) electrons. The lowest BCUT2D eigenvalue weighted by molar-refractivity contribution is 0.0688. The Bertz CT molecular complexity index is 541. The minimum Gasteiger partial charge on any atom is -0.486 e. The van der Waals surface area contributed by atoms with Crippen LogP contribution in [-0.2, 0) is 6.61 Å². The first-order chi connectivity index (χ1) is 8.18. The molecule has 0 unspecified atom stereocenters. The summed E-state index contributed by atoms with van der Waals surface area (Å²) in [6, 6.07) is 7.03. The number of para-hydroxylation sites is 1. The molecular weight excluding hydrogens is 262 g/mol. The molecule has 6 heteroatoms. The summed E-state index contributed by atoms with van der Waals surface area (Å²) >= 11 is 7.16. The number of rotatable bonds is 4. The lowest BCUT2D eigenvalue weighted by Crippen LogP contribution is -2.03. The van der Waals surface area contributed by atoms with Gasteiger partial charge in [-0.25, -0.2) is 9.78 Å². The summed E-state index contributed by atoms with van der Waals surface area (Å²) in [6.45, 7) is 0.149. The normalized spacial score (nSPS) is 10.2. The highest BCUT2D eigenvalue weighted by molar-refractivity contribution is 7.09. The van der Waals surface area contributed by atoms with Crippen molar-refractivity contribution in [1.82, 2.24) is 4.98 Å². The summed E-state index contributed by atoms with van der Waals surface area (Å²) in [7, 11) is 0. The fourth-order valence-electron chi connectivity index (χ4n) is 1.25. The molecule has 1 aromatic carbocycles. The number of carboxylic acids is 1. The van der Waals surface area contributed by atoms with Crippen LogP contribution in [0.15, 0.2) is 29.8 Å². The van der Waals surface area contributed by atoms with Crippen LogP contribution in [0.2, 0.25) is 5.02 Å². The van der Waals surface area contributed by atoms with Crippen molar-refractivity contribution < 1.29 is 14.6 Å². The van der Waals surface area contributed by atoms with Crippen molar-refractivity contribution in [2.45, 2.75) is 6.61 Å². The number of aromatic carboxylic acids is 1. The van der Waals surface area contributed by atoms with Crippen LogP contribution in [0.3, 0.4) is 0 Å².